The van der Waals surface area contributed by atoms with Crippen molar-refractivity contribution in [3.63, 3.8) is 0 Å². The first kappa shape index (κ1) is 80.3. The van der Waals surface area contributed by atoms with Gasteiger partial charge in [0.15, 0.2) is 0 Å². The molecule has 0 aliphatic carbocycles. The van der Waals surface area contributed by atoms with Gasteiger partial charge in [0.1, 0.15) is 0 Å². The Bertz CT molecular complexity index is 9540. The Morgan fingerprint density at radius 1 is 0.109 bits per heavy atom. The smallest absolute Gasteiger partial charge is 0.0963 e. The zero-order valence-electron chi connectivity index (χ0n) is 75.1. The summed E-state index contributed by atoms with van der Waals surface area (Å²) in [5.41, 5.74) is 40.5. The molecule has 0 saturated heterocycles. The molecule has 28 rings (SSSR count). The lowest BCUT2D eigenvalue weighted by molar-refractivity contribution is 1.18. The fourth-order valence-electron chi connectivity index (χ4n) is 21.1. The van der Waals surface area contributed by atoms with Crippen molar-refractivity contribution in [1.82, 2.24) is 42.4 Å². The average Bonchev–Trinajstić information content (AvgIpc) is 1.60. The molecule has 0 aliphatic heterocycles. The van der Waals surface area contributed by atoms with Crippen LogP contribution in [0.1, 0.15) is 0 Å². The molecule has 0 saturated carbocycles. The molecule has 28 aromatic rings. The van der Waals surface area contributed by atoms with Gasteiger partial charge in [-0.25, -0.2) is 0 Å². The first-order valence-corrected chi connectivity index (χ1v) is 47.0. The van der Waals surface area contributed by atoms with Crippen molar-refractivity contribution in [3.8, 4) is 112 Å². The van der Waals surface area contributed by atoms with Gasteiger partial charge < -0.3 is 27.4 Å². The lowest BCUT2D eigenvalue weighted by Gasteiger charge is -2.11. The minimum atomic E-state index is 1.00. The van der Waals surface area contributed by atoms with Crippen molar-refractivity contribution in [1.29, 1.82) is 0 Å². The number of hydrogen-bond acceptors (Lipinski definition) is 3. The predicted molar refractivity (Wildman–Crippen MR) is 577 cm³/mol. The lowest BCUT2D eigenvalue weighted by Crippen LogP contribution is -1.94. The summed E-state index contributed by atoms with van der Waals surface area (Å²) in [5.74, 6) is 0. The van der Waals surface area contributed by atoms with Gasteiger partial charge in [0.2, 0.25) is 0 Å². The maximum absolute atomic E-state index is 4.91. The van der Waals surface area contributed by atoms with Crippen LogP contribution in [0.15, 0.2) is 516 Å². The predicted octanol–water partition coefficient (Wildman–Crippen LogP) is 33.5. The molecular weight excluding hydrogens is 1680 g/mol. The summed E-state index contributed by atoms with van der Waals surface area (Å²) in [7, 11) is 0. The number of hydrogen-bond donors (Lipinski definition) is 0. The van der Waals surface area contributed by atoms with Gasteiger partial charge in [-0.1, -0.05) is 315 Å². The number of nitrogens with zero attached hydrogens (tertiary/aromatic N) is 9. The highest BCUT2D eigenvalue weighted by Gasteiger charge is 2.24. The molecule has 0 aliphatic rings. The molecule has 0 spiro atoms. The van der Waals surface area contributed by atoms with Crippen LogP contribution < -0.4 is 0 Å². The zero-order valence-corrected chi connectivity index (χ0v) is 75.1. The Labute approximate surface area is 796 Å². The first-order valence-electron chi connectivity index (χ1n) is 47.0. The van der Waals surface area contributed by atoms with Crippen LogP contribution in [0.5, 0.6) is 0 Å². The van der Waals surface area contributed by atoms with E-state index in [4.69, 9.17) is 15.0 Å². The van der Waals surface area contributed by atoms with Gasteiger partial charge in [0.25, 0.3) is 0 Å². The molecule has 0 fully saturated rings. The van der Waals surface area contributed by atoms with Crippen molar-refractivity contribution in [3.05, 3.63) is 516 Å². The van der Waals surface area contributed by atoms with Gasteiger partial charge in [0.05, 0.1) is 82.8 Å². The number of rotatable bonds is 13. The molecule has 9 heterocycles. The maximum Gasteiger partial charge on any atom is 0.0963 e. The number of pyridine rings is 3. The molecule has 9 heteroatoms. The van der Waals surface area contributed by atoms with Gasteiger partial charge in [-0.05, 0) is 260 Å². The van der Waals surface area contributed by atoms with Crippen LogP contribution in [-0.4, -0.2) is 42.4 Å². The summed E-state index contributed by atoms with van der Waals surface area (Å²) in [6.45, 7) is 0. The van der Waals surface area contributed by atoms with Gasteiger partial charge in [-0.15, -0.1) is 0 Å². The first-order chi connectivity index (χ1) is 68.5. The Kier molecular flexibility index (Phi) is 19.7. The number of benzene rings is 19. The van der Waals surface area contributed by atoms with Crippen molar-refractivity contribution < 1.29 is 0 Å². The second-order valence-electron chi connectivity index (χ2n) is 35.4. The summed E-state index contributed by atoms with van der Waals surface area (Å²) >= 11 is 0. The van der Waals surface area contributed by atoms with E-state index in [0.717, 1.165) is 99.9 Å². The molecule has 0 unspecified atom stereocenters. The van der Waals surface area contributed by atoms with E-state index in [1.807, 2.05) is 36.8 Å². The van der Waals surface area contributed by atoms with Crippen LogP contribution in [0, 0.1) is 0 Å². The van der Waals surface area contributed by atoms with E-state index < -0.39 is 0 Å². The van der Waals surface area contributed by atoms with Gasteiger partial charge >= 0.3 is 0 Å². The molecule has 9 aromatic heterocycles. The van der Waals surface area contributed by atoms with Crippen molar-refractivity contribution in [2.24, 2.45) is 0 Å². The lowest BCUT2D eigenvalue weighted by atomic mass is 10.0. The van der Waals surface area contributed by atoms with Crippen molar-refractivity contribution in [2.45, 2.75) is 0 Å². The molecule has 0 bridgehead atoms. The summed E-state index contributed by atoms with van der Waals surface area (Å²) in [5, 5.41) is 11.0. The van der Waals surface area contributed by atoms with Crippen LogP contribution in [0.3, 0.4) is 0 Å². The Hall–Kier alpha value is -18.6. The van der Waals surface area contributed by atoms with Crippen LogP contribution in [-0.2, 0) is 0 Å². The number of aromatic nitrogens is 9. The largest absolute Gasteiger partial charge is 0.309 e. The van der Waals surface area contributed by atoms with E-state index in [-0.39, 0.29) is 0 Å². The van der Waals surface area contributed by atoms with E-state index >= 15 is 0 Å². The third kappa shape index (κ3) is 14.0. The summed E-state index contributed by atoms with van der Waals surface area (Å²) in [6.07, 6.45) is 5.68. The molecule has 138 heavy (non-hydrogen) atoms. The fraction of sp³-hybridized carbons (Fsp3) is 0. The SMILES string of the molecule is c1ccc(-c2ccc(-n3c4ccc(-c5ccc6c7ccccc7n(-c7ccccc7)c6c5)cc4c4ncccc43)cc2)cc1.c1ccc(-c2ccc(-n3c4ccccc4c4ccc(-c5ccc6c(c5)c5ncccc5n6-c5cccc(-c6ccccc6)c5)cc43)cc2)cc1.c1ccc(-c2cccc(-n3c4ccc(-c5ccc6c7ccccc7n(-c7ccccc7)c6c5)cc4c4ncccc43)c2)cc1. The van der Waals surface area contributed by atoms with Crippen molar-refractivity contribution in [2.75, 3.05) is 0 Å². The van der Waals surface area contributed by atoms with Crippen LogP contribution in [0.2, 0.25) is 0 Å². The molecule has 646 valence electrons. The Balaban J connectivity index is 0.000000107. The highest BCUT2D eigenvalue weighted by molar-refractivity contribution is 6.16. The molecule has 9 nitrogen and oxygen atoms in total. The second kappa shape index (κ2) is 33.9. The minimum Gasteiger partial charge on any atom is -0.309 e. The highest BCUT2D eigenvalue weighted by Crippen LogP contribution is 2.45. The molecule has 0 N–H and O–H groups in total. The minimum absolute atomic E-state index is 1.00. The van der Waals surface area contributed by atoms with E-state index in [1.165, 1.54) is 143 Å². The molecule has 0 atom stereocenters. The highest BCUT2D eigenvalue weighted by atomic mass is 15.0. The Morgan fingerprint density at radius 2 is 0.312 bits per heavy atom. The summed E-state index contributed by atoms with van der Waals surface area (Å²) < 4.78 is 14.2. The average molecular weight is 1760 g/mol. The summed E-state index contributed by atoms with van der Waals surface area (Å²) in [4.78, 5) is 14.6. The topological polar surface area (TPSA) is 68.2 Å². The van der Waals surface area contributed by atoms with E-state index in [0.29, 0.717) is 0 Å². The fourth-order valence-corrected chi connectivity index (χ4v) is 21.1. The summed E-state index contributed by atoms with van der Waals surface area (Å²) in [6, 6.07) is 178. The molecule has 0 radical (unpaired) electrons. The number of para-hydroxylation sites is 5. The van der Waals surface area contributed by atoms with Gasteiger partial charge in [-0.3, -0.25) is 15.0 Å². The van der Waals surface area contributed by atoms with Gasteiger partial charge in [-0.2, -0.15) is 0 Å². The monoisotopic (exact) mass is 1760 g/mol. The normalized spacial score (nSPS) is 11.6. The zero-order chi connectivity index (χ0) is 91.1. The van der Waals surface area contributed by atoms with Crippen LogP contribution in [0.4, 0.5) is 0 Å². The van der Waals surface area contributed by atoms with E-state index in [1.54, 1.807) is 0 Å². The van der Waals surface area contributed by atoms with Crippen LogP contribution in [0.25, 0.3) is 243 Å². The van der Waals surface area contributed by atoms with E-state index in [9.17, 15) is 0 Å². The van der Waals surface area contributed by atoms with Crippen molar-refractivity contribution >= 4 is 131 Å². The third-order valence-corrected chi connectivity index (χ3v) is 27.5. The molecule has 0 amide bonds. The standard InChI is InChI=1S/C47H31N3.2C41H27N3/c1-3-11-32(12-4-1)34-20-24-38(25-21-34)49-43-18-8-7-17-40(43)41-26-22-37(31-46(41)49)36-23-27-44-42(30-36)47-45(19-10-28-48-47)50(44)39-16-9-15-35(29-39)33-13-5-2-6-14-33;1-3-11-28(12-4-1)29-13-9-16-33(25-29)44-38-23-21-30(26-36(38)41-39(44)19-10-24-42-41)31-20-22-35-34-17-7-8-18-37(34)43(40(35)27-31)32-14-5-2-6-15-32;1-3-10-28(11-4-1)29-17-21-33(22-18-29)43-38-24-20-30(26-36(38)41-39(43)16-9-25-42-41)31-19-23-35-34-14-7-8-15-37(34)44(40(35)27-31)32-12-5-2-6-13-32/h1-31H;2*1-27H. The van der Waals surface area contributed by atoms with Crippen LogP contribution >= 0.6 is 0 Å². The van der Waals surface area contributed by atoms with Gasteiger partial charge in [0, 0.05) is 101 Å². The second-order valence-corrected chi connectivity index (χ2v) is 35.4. The maximum atomic E-state index is 4.91. The quantitative estimate of drug-likeness (QED) is 0.116. The molecular formula is C129H85N9. The number of fused-ring (bicyclic) bond motifs is 18. The van der Waals surface area contributed by atoms with E-state index in [2.05, 4.69) is 507 Å². The Morgan fingerprint density at radius 3 is 0.638 bits per heavy atom. The third-order valence-electron chi connectivity index (χ3n) is 27.5. The molecule has 19 aromatic carbocycles.